The van der Waals surface area contributed by atoms with Crippen LogP contribution >= 0.6 is 0 Å². The molecule has 0 saturated carbocycles. The first-order valence-corrected chi connectivity index (χ1v) is 19.8. The number of aliphatic hydroxyl groups is 1. The quantitative estimate of drug-likeness (QED) is 0.124. The van der Waals surface area contributed by atoms with Crippen LogP contribution in [-0.4, -0.2) is 127 Å². The molecule has 1 aliphatic carbocycles. The van der Waals surface area contributed by atoms with E-state index in [0.29, 0.717) is 56.3 Å². The zero-order chi connectivity index (χ0) is 42.9. The van der Waals surface area contributed by atoms with Crippen molar-refractivity contribution < 1.29 is 57.6 Å². The van der Waals surface area contributed by atoms with Gasteiger partial charge in [0.25, 0.3) is 0 Å². The molecule has 318 valence electrons. The summed E-state index contributed by atoms with van der Waals surface area (Å²) in [5.74, 6) is -3.02. The number of carbonyl (C=O) groups is 7. The van der Waals surface area contributed by atoms with Gasteiger partial charge in [-0.15, -0.1) is 0 Å². The molecule has 2 unspecified atom stereocenters. The zero-order valence-corrected chi connectivity index (χ0v) is 34.7. The maximum atomic E-state index is 13.4. The molecule has 1 aromatic carbocycles. The van der Waals surface area contributed by atoms with Crippen LogP contribution < -0.4 is 10.6 Å². The fourth-order valence-corrected chi connectivity index (χ4v) is 7.75. The standard InChI is InChI=1S/C42H58N4O12/c1-24(2)34(43-40(53)55-7)36(49)45-19-9-11-31(45)38(51)57-22-32(47)28-14-12-27(13-15-28)30-17-16-29(21-26(30)5)33(48)23-58-39(52)42(6)18-10-20-46(42)37(50)35(25(3)4)44-41(54)56-8/h12-17,24-26,31,34-35,37,50H,9-11,18-23H2,1-8H3,(H,43,53)(H,44,54)/t26?,31-,34-,35-,37?,42-/m0/s1. The van der Waals surface area contributed by atoms with Gasteiger partial charge < -0.3 is 39.6 Å². The Kier molecular flexibility index (Phi) is 15.8. The fourth-order valence-electron chi connectivity index (χ4n) is 7.75. The Morgan fingerprint density at radius 3 is 2.09 bits per heavy atom. The topological polar surface area (TPSA) is 207 Å². The maximum Gasteiger partial charge on any atom is 0.407 e. The lowest BCUT2D eigenvalue weighted by Gasteiger charge is -2.40. The molecule has 0 spiro atoms. The SMILES string of the molecule is COC(=O)N[C@@H](C(C)C)C(O)N1CCC[C@@]1(C)C(=O)OCC(=O)C1=CC=C(c2ccc(C(=O)COC(=O)[C@@H]3CCCN3C(=O)[C@@H](NC(=O)OC)C(C)C)cc2)C(C)C1. The molecule has 0 aromatic heterocycles. The summed E-state index contributed by atoms with van der Waals surface area (Å²) in [7, 11) is 2.43. The Morgan fingerprint density at radius 2 is 1.48 bits per heavy atom. The lowest BCUT2D eigenvalue weighted by atomic mass is 9.83. The highest BCUT2D eigenvalue weighted by Crippen LogP contribution is 2.35. The molecular weight excluding hydrogens is 752 g/mol. The van der Waals surface area contributed by atoms with Crippen LogP contribution in [0.1, 0.15) is 89.6 Å². The van der Waals surface area contributed by atoms with E-state index in [2.05, 4.69) is 15.4 Å². The summed E-state index contributed by atoms with van der Waals surface area (Å²) in [6, 6.07) is 4.36. The lowest BCUT2D eigenvalue weighted by molar-refractivity contribution is -0.165. The Balaban J connectivity index is 1.32. The molecule has 16 heteroatoms. The van der Waals surface area contributed by atoms with Crippen LogP contribution in [0.5, 0.6) is 0 Å². The number of methoxy groups -OCH3 is 2. The molecule has 2 aliphatic heterocycles. The predicted octanol–water partition coefficient (Wildman–Crippen LogP) is 3.80. The summed E-state index contributed by atoms with van der Waals surface area (Å²) in [5, 5.41) is 16.4. The Hall–Kier alpha value is -5.09. The third kappa shape index (κ3) is 10.7. The van der Waals surface area contributed by atoms with E-state index in [1.165, 1.54) is 19.1 Å². The van der Waals surface area contributed by atoms with Crippen molar-refractivity contribution >= 4 is 47.2 Å². The minimum Gasteiger partial charge on any atom is -0.456 e. The van der Waals surface area contributed by atoms with Crippen molar-refractivity contribution in [3.05, 3.63) is 53.1 Å². The highest BCUT2D eigenvalue weighted by atomic mass is 16.6. The Labute approximate surface area is 339 Å². The monoisotopic (exact) mass is 810 g/mol. The second-order valence-corrected chi connectivity index (χ2v) is 16.0. The minimum atomic E-state index is -1.21. The number of amides is 3. The Morgan fingerprint density at radius 1 is 0.845 bits per heavy atom. The molecule has 3 aliphatic rings. The van der Waals surface area contributed by atoms with Crippen molar-refractivity contribution in [3.63, 3.8) is 0 Å². The van der Waals surface area contributed by atoms with Crippen molar-refractivity contribution in [1.82, 2.24) is 20.4 Å². The number of nitrogens with zero attached hydrogens (tertiary/aromatic N) is 2. The molecule has 2 saturated heterocycles. The summed E-state index contributed by atoms with van der Waals surface area (Å²) in [5.41, 5.74) is 1.40. The van der Waals surface area contributed by atoms with Gasteiger partial charge in [-0.2, -0.15) is 0 Å². The molecule has 6 atom stereocenters. The number of hydrogen-bond acceptors (Lipinski definition) is 13. The van der Waals surface area contributed by atoms with Gasteiger partial charge in [-0.3, -0.25) is 24.1 Å². The summed E-state index contributed by atoms with van der Waals surface area (Å²) < 4.78 is 20.3. The van der Waals surface area contributed by atoms with E-state index in [4.69, 9.17) is 14.2 Å². The number of ether oxygens (including phenoxy) is 4. The van der Waals surface area contributed by atoms with Crippen LogP contribution in [0.25, 0.3) is 5.57 Å². The van der Waals surface area contributed by atoms with Crippen molar-refractivity contribution in [2.75, 3.05) is 40.5 Å². The average Bonchev–Trinajstić information content (AvgIpc) is 3.87. The minimum absolute atomic E-state index is 0.0781. The van der Waals surface area contributed by atoms with Gasteiger partial charge in [-0.05, 0) is 73.5 Å². The van der Waals surface area contributed by atoms with E-state index in [0.717, 1.165) is 11.1 Å². The van der Waals surface area contributed by atoms with E-state index in [9.17, 15) is 38.7 Å². The van der Waals surface area contributed by atoms with Crippen LogP contribution in [0.15, 0.2) is 42.0 Å². The summed E-state index contributed by atoms with van der Waals surface area (Å²) in [6.45, 7) is 10.6. The second kappa shape index (κ2) is 20.1. The van der Waals surface area contributed by atoms with Gasteiger partial charge in [0.2, 0.25) is 5.91 Å². The summed E-state index contributed by atoms with van der Waals surface area (Å²) in [6.07, 6.45) is 3.25. The first kappa shape index (κ1) is 45.6. The van der Waals surface area contributed by atoms with Crippen molar-refractivity contribution in [2.24, 2.45) is 17.8 Å². The number of nitrogens with one attached hydrogen (secondary N) is 2. The van der Waals surface area contributed by atoms with Gasteiger partial charge in [0.15, 0.2) is 24.8 Å². The van der Waals surface area contributed by atoms with Crippen molar-refractivity contribution in [1.29, 1.82) is 0 Å². The van der Waals surface area contributed by atoms with Gasteiger partial charge in [-0.1, -0.05) is 71.0 Å². The highest BCUT2D eigenvalue weighted by molar-refractivity contribution is 6.00. The maximum absolute atomic E-state index is 13.4. The number of carbonyl (C=O) groups excluding carboxylic acids is 7. The van der Waals surface area contributed by atoms with Gasteiger partial charge in [-0.25, -0.2) is 14.4 Å². The molecule has 3 N–H and O–H groups in total. The first-order valence-electron chi connectivity index (χ1n) is 19.8. The van der Waals surface area contributed by atoms with Gasteiger partial charge >= 0.3 is 24.1 Å². The zero-order valence-electron chi connectivity index (χ0n) is 34.7. The van der Waals surface area contributed by atoms with E-state index >= 15 is 0 Å². The average molecular weight is 811 g/mol. The molecule has 2 fully saturated rings. The number of hydrogen-bond donors (Lipinski definition) is 3. The van der Waals surface area contributed by atoms with E-state index in [-0.39, 0.29) is 23.5 Å². The third-order valence-corrected chi connectivity index (χ3v) is 11.3. The summed E-state index contributed by atoms with van der Waals surface area (Å²) in [4.78, 5) is 92.7. The van der Waals surface area contributed by atoms with Crippen molar-refractivity contribution in [3.8, 4) is 0 Å². The number of aliphatic hydroxyl groups excluding tert-OH is 1. The largest absolute Gasteiger partial charge is 0.456 e. The molecule has 3 amide bonds. The number of Topliss-reactive ketones (excluding diaryl/α,β-unsaturated/α-hetero) is 2. The molecule has 0 radical (unpaired) electrons. The number of likely N-dealkylation sites (tertiary alicyclic amines) is 2. The number of benzene rings is 1. The second-order valence-electron chi connectivity index (χ2n) is 16.0. The van der Waals surface area contributed by atoms with Gasteiger partial charge in [0, 0.05) is 18.7 Å². The van der Waals surface area contributed by atoms with Crippen LogP contribution in [-0.2, 0) is 38.1 Å². The van der Waals surface area contributed by atoms with E-state index in [1.807, 2.05) is 26.8 Å². The number of rotatable bonds is 16. The van der Waals surface area contributed by atoms with Crippen molar-refractivity contribution in [2.45, 2.75) is 104 Å². The number of ketones is 2. The molecule has 16 nitrogen and oxygen atoms in total. The lowest BCUT2D eigenvalue weighted by Crippen LogP contribution is -2.61. The van der Waals surface area contributed by atoms with Crippen LogP contribution in [0, 0.1) is 17.8 Å². The third-order valence-electron chi connectivity index (χ3n) is 11.3. The Bertz CT molecular complexity index is 1770. The molecule has 4 rings (SSSR count). The van der Waals surface area contributed by atoms with Gasteiger partial charge in [0.1, 0.15) is 23.9 Å². The number of allylic oxidation sites excluding steroid dienone is 3. The predicted molar refractivity (Wildman–Crippen MR) is 211 cm³/mol. The normalized spacial score (nSPS) is 22.3. The number of esters is 2. The molecule has 1 aromatic rings. The van der Waals surface area contributed by atoms with Gasteiger partial charge in [0.05, 0.1) is 20.3 Å². The van der Waals surface area contributed by atoms with Crippen LogP contribution in [0.4, 0.5) is 9.59 Å². The van der Waals surface area contributed by atoms with E-state index in [1.54, 1.807) is 56.0 Å². The summed E-state index contributed by atoms with van der Waals surface area (Å²) >= 11 is 0. The molecule has 2 heterocycles. The van der Waals surface area contributed by atoms with E-state index < -0.39 is 78.9 Å². The highest BCUT2D eigenvalue weighted by Gasteiger charge is 2.50. The smallest absolute Gasteiger partial charge is 0.407 e. The molecular formula is C42H58N4O12. The first-order chi connectivity index (χ1) is 27.4. The van der Waals surface area contributed by atoms with Crippen LogP contribution in [0.2, 0.25) is 0 Å². The van der Waals surface area contributed by atoms with Crippen LogP contribution in [0.3, 0.4) is 0 Å². The fraction of sp³-hybridized carbons (Fsp3) is 0.595. The molecule has 0 bridgehead atoms. The molecule has 58 heavy (non-hydrogen) atoms. The number of alkyl carbamates (subject to hydrolysis) is 2.